The van der Waals surface area contributed by atoms with Crippen molar-refractivity contribution < 1.29 is 24.2 Å². The Balaban J connectivity index is 1.54. The molecule has 2 amide bonds. The number of benzene rings is 2. The summed E-state index contributed by atoms with van der Waals surface area (Å²) >= 11 is 0. The lowest BCUT2D eigenvalue weighted by Crippen LogP contribution is -2.43. The lowest BCUT2D eigenvalue weighted by atomic mass is 9.98. The fraction of sp³-hybridized carbons (Fsp3) is 0.400. The third-order valence-corrected chi connectivity index (χ3v) is 5.96. The number of carbonyl (C=O) groups is 3. The minimum atomic E-state index is -0.957. The number of fused-ring (bicyclic) bond motifs is 3. The number of carbonyl (C=O) groups excluding carboxylic acids is 2. The van der Waals surface area contributed by atoms with Crippen molar-refractivity contribution in [3.05, 3.63) is 59.7 Å². The van der Waals surface area contributed by atoms with Crippen LogP contribution in [0.5, 0.6) is 0 Å². The first kappa shape index (κ1) is 23.3. The van der Waals surface area contributed by atoms with E-state index in [2.05, 4.69) is 34.9 Å². The van der Waals surface area contributed by atoms with E-state index in [0.29, 0.717) is 12.8 Å². The molecule has 0 radical (unpaired) electrons. The van der Waals surface area contributed by atoms with Crippen molar-refractivity contribution in [2.75, 3.05) is 13.2 Å². The number of aliphatic carboxylic acids is 1. The number of rotatable bonds is 10. The molecule has 170 valence electrons. The Labute approximate surface area is 188 Å². The normalized spacial score (nSPS) is 14.1. The maximum absolute atomic E-state index is 12.5. The maximum atomic E-state index is 12.5. The van der Waals surface area contributed by atoms with Crippen LogP contribution in [-0.2, 0) is 14.3 Å². The van der Waals surface area contributed by atoms with Crippen LogP contribution in [0.1, 0.15) is 50.2 Å². The van der Waals surface area contributed by atoms with E-state index in [1.54, 1.807) is 0 Å². The number of alkyl carbamates (subject to hydrolysis) is 1. The van der Waals surface area contributed by atoms with Crippen LogP contribution in [-0.4, -0.2) is 42.3 Å². The Morgan fingerprint density at radius 2 is 1.56 bits per heavy atom. The number of ether oxygens (including phenoxy) is 1. The summed E-state index contributed by atoms with van der Waals surface area (Å²) in [4.78, 5) is 35.7. The highest BCUT2D eigenvalue weighted by Gasteiger charge is 2.29. The molecule has 0 saturated heterocycles. The molecule has 0 heterocycles. The Hall–Kier alpha value is -3.35. The van der Waals surface area contributed by atoms with E-state index in [4.69, 9.17) is 9.84 Å². The third-order valence-electron chi connectivity index (χ3n) is 5.96. The maximum Gasteiger partial charge on any atom is 0.407 e. The van der Waals surface area contributed by atoms with Gasteiger partial charge in [-0.05, 0) is 35.1 Å². The molecule has 0 aliphatic heterocycles. The van der Waals surface area contributed by atoms with Gasteiger partial charge in [0.05, 0.1) is 12.3 Å². The summed E-state index contributed by atoms with van der Waals surface area (Å²) in [5.74, 6) is -1.71. The summed E-state index contributed by atoms with van der Waals surface area (Å²) in [6.07, 6.45) is 0.335. The van der Waals surface area contributed by atoms with Gasteiger partial charge in [0, 0.05) is 18.5 Å². The average Bonchev–Trinajstić information content (AvgIpc) is 3.11. The van der Waals surface area contributed by atoms with Crippen molar-refractivity contribution in [3.8, 4) is 11.1 Å². The van der Waals surface area contributed by atoms with Crippen LogP contribution in [0, 0.1) is 5.92 Å². The van der Waals surface area contributed by atoms with E-state index in [0.717, 1.165) is 22.3 Å². The van der Waals surface area contributed by atoms with Gasteiger partial charge in [0.15, 0.2) is 0 Å². The topological polar surface area (TPSA) is 105 Å². The van der Waals surface area contributed by atoms with E-state index in [9.17, 15) is 14.4 Å². The lowest BCUT2D eigenvalue weighted by molar-refractivity contribution is -0.137. The van der Waals surface area contributed by atoms with Crippen molar-refractivity contribution >= 4 is 18.0 Å². The van der Waals surface area contributed by atoms with Crippen LogP contribution in [0.3, 0.4) is 0 Å². The van der Waals surface area contributed by atoms with Gasteiger partial charge in [-0.1, -0.05) is 62.4 Å². The zero-order valence-electron chi connectivity index (χ0n) is 18.5. The first-order valence-electron chi connectivity index (χ1n) is 11.1. The molecule has 32 heavy (non-hydrogen) atoms. The summed E-state index contributed by atoms with van der Waals surface area (Å²) in [5.41, 5.74) is 4.59. The zero-order chi connectivity index (χ0) is 23.1. The SMILES string of the molecule is CCC(CC(=O)O)NC(=O)C(CC)CNC(=O)OCC1c2ccccc2-c2ccccc21. The largest absolute Gasteiger partial charge is 0.481 e. The highest BCUT2D eigenvalue weighted by Crippen LogP contribution is 2.44. The highest BCUT2D eigenvalue weighted by molar-refractivity contribution is 5.81. The van der Waals surface area contributed by atoms with Crippen molar-refractivity contribution in [1.82, 2.24) is 10.6 Å². The van der Waals surface area contributed by atoms with Gasteiger partial charge in [0.1, 0.15) is 6.61 Å². The van der Waals surface area contributed by atoms with E-state index >= 15 is 0 Å². The third kappa shape index (κ3) is 5.46. The number of hydrogen-bond acceptors (Lipinski definition) is 4. The molecule has 2 atom stereocenters. The number of hydrogen-bond donors (Lipinski definition) is 3. The molecule has 7 heteroatoms. The van der Waals surface area contributed by atoms with Crippen LogP contribution < -0.4 is 10.6 Å². The quantitative estimate of drug-likeness (QED) is 0.521. The summed E-state index contributed by atoms with van der Waals surface area (Å²) in [6, 6.07) is 15.8. The Kier molecular flexibility index (Phi) is 7.87. The second-order valence-electron chi connectivity index (χ2n) is 8.02. The van der Waals surface area contributed by atoms with Crippen LogP contribution in [0.2, 0.25) is 0 Å². The molecule has 0 fully saturated rings. The zero-order valence-corrected chi connectivity index (χ0v) is 18.5. The van der Waals surface area contributed by atoms with Crippen LogP contribution >= 0.6 is 0 Å². The number of amides is 2. The molecule has 1 aliphatic carbocycles. The molecule has 0 aromatic heterocycles. The van der Waals surface area contributed by atoms with Gasteiger partial charge in [0.2, 0.25) is 5.91 Å². The van der Waals surface area contributed by atoms with Crippen molar-refractivity contribution in [2.24, 2.45) is 5.92 Å². The van der Waals surface area contributed by atoms with Gasteiger partial charge in [-0.25, -0.2) is 4.79 Å². The second-order valence-corrected chi connectivity index (χ2v) is 8.02. The first-order valence-corrected chi connectivity index (χ1v) is 11.1. The number of carboxylic acid groups (broad SMARTS) is 1. The molecule has 0 saturated carbocycles. The van der Waals surface area contributed by atoms with Gasteiger partial charge in [-0.3, -0.25) is 9.59 Å². The fourth-order valence-electron chi connectivity index (χ4n) is 4.11. The molecule has 2 unspecified atom stereocenters. The van der Waals surface area contributed by atoms with Gasteiger partial charge < -0.3 is 20.5 Å². The van der Waals surface area contributed by atoms with Crippen LogP contribution in [0.25, 0.3) is 11.1 Å². The van der Waals surface area contributed by atoms with Gasteiger partial charge in [0.25, 0.3) is 0 Å². The number of carboxylic acids is 1. The molecule has 2 aromatic carbocycles. The monoisotopic (exact) mass is 438 g/mol. The average molecular weight is 439 g/mol. The van der Waals surface area contributed by atoms with Gasteiger partial charge in [-0.15, -0.1) is 0 Å². The van der Waals surface area contributed by atoms with Crippen molar-refractivity contribution in [3.63, 3.8) is 0 Å². The van der Waals surface area contributed by atoms with E-state index in [1.807, 2.05) is 38.1 Å². The van der Waals surface area contributed by atoms with E-state index in [-0.39, 0.29) is 31.4 Å². The van der Waals surface area contributed by atoms with Crippen LogP contribution in [0.4, 0.5) is 4.79 Å². The molecule has 2 aromatic rings. The molecule has 3 N–H and O–H groups in total. The fourth-order valence-corrected chi connectivity index (χ4v) is 4.11. The summed E-state index contributed by atoms with van der Waals surface area (Å²) in [6.45, 7) is 4.01. The number of nitrogens with one attached hydrogen (secondary N) is 2. The summed E-state index contributed by atoms with van der Waals surface area (Å²) in [7, 11) is 0. The predicted molar refractivity (Wildman–Crippen MR) is 121 cm³/mol. The predicted octanol–water partition coefficient (Wildman–Crippen LogP) is 3.92. The second kappa shape index (κ2) is 10.8. The van der Waals surface area contributed by atoms with Gasteiger partial charge in [-0.2, -0.15) is 0 Å². The molecule has 1 aliphatic rings. The Morgan fingerprint density at radius 1 is 0.969 bits per heavy atom. The molecular formula is C25H30N2O5. The van der Waals surface area contributed by atoms with Crippen molar-refractivity contribution in [2.45, 2.75) is 45.1 Å². The van der Waals surface area contributed by atoms with E-state index in [1.165, 1.54) is 0 Å². The lowest BCUT2D eigenvalue weighted by Gasteiger charge is -2.20. The van der Waals surface area contributed by atoms with Gasteiger partial charge >= 0.3 is 12.1 Å². The smallest absolute Gasteiger partial charge is 0.407 e. The summed E-state index contributed by atoms with van der Waals surface area (Å²) < 4.78 is 5.51. The van der Waals surface area contributed by atoms with Crippen molar-refractivity contribution in [1.29, 1.82) is 0 Å². The minimum absolute atomic E-state index is 0.0280. The Bertz CT molecular complexity index is 929. The molecule has 3 rings (SSSR count). The summed E-state index contributed by atoms with van der Waals surface area (Å²) in [5, 5.41) is 14.4. The highest BCUT2D eigenvalue weighted by atomic mass is 16.5. The Morgan fingerprint density at radius 3 is 2.09 bits per heavy atom. The molecule has 0 bridgehead atoms. The molecular weight excluding hydrogens is 408 g/mol. The van der Waals surface area contributed by atoms with E-state index < -0.39 is 24.0 Å². The standard InChI is InChI=1S/C25H30N2O5/c1-3-16(24(30)27-17(4-2)13-23(28)29)14-26-25(31)32-15-22-20-11-7-5-9-18(20)19-10-6-8-12-21(19)22/h5-12,16-17,22H,3-4,13-15H2,1-2H3,(H,26,31)(H,27,30)(H,28,29). The molecule has 7 nitrogen and oxygen atoms in total. The first-order chi connectivity index (χ1) is 15.4. The van der Waals surface area contributed by atoms with Crippen LogP contribution in [0.15, 0.2) is 48.5 Å². The molecule has 0 spiro atoms. The minimum Gasteiger partial charge on any atom is -0.481 e.